The predicted molar refractivity (Wildman–Crippen MR) is 53.2 cm³/mol. The molecule has 1 heterocycles. The van der Waals surface area contributed by atoms with Gasteiger partial charge in [-0.3, -0.25) is 4.79 Å². The van der Waals surface area contributed by atoms with Crippen LogP contribution in [-0.2, 0) is 17.8 Å². The Morgan fingerprint density at radius 1 is 1.43 bits per heavy atom. The maximum atomic E-state index is 10.6. The van der Waals surface area contributed by atoms with Crippen molar-refractivity contribution in [3.8, 4) is 5.75 Å². The van der Waals surface area contributed by atoms with E-state index in [0.717, 1.165) is 25.1 Å². The van der Waals surface area contributed by atoms with Crippen LogP contribution in [-0.4, -0.2) is 25.0 Å². The fraction of sp³-hybridized carbons (Fsp3) is 0.364. The van der Waals surface area contributed by atoms with Crippen LogP contribution in [0, 0.1) is 0 Å². The topological polar surface area (TPSA) is 29.5 Å². The van der Waals surface area contributed by atoms with Crippen molar-refractivity contribution >= 4 is 6.41 Å². The lowest BCUT2D eigenvalue weighted by Crippen LogP contribution is -2.28. The molecule has 1 aromatic rings. The highest BCUT2D eigenvalue weighted by Crippen LogP contribution is 2.22. The SMILES string of the molecule is COc1ccc2c(c1)CN(C=O)CC2. The molecule has 1 amide bonds. The van der Waals surface area contributed by atoms with Gasteiger partial charge in [0.2, 0.25) is 6.41 Å². The summed E-state index contributed by atoms with van der Waals surface area (Å²) in [4.78, 5) is 12.4. The molecule has 0 atom stereocenters. The van der Waals surface area contributed by atoms with Crippen LogP contribution in [0.15, 0.2) is 18.2 Å². The standard InChI is InChI=1S/C11H13NO2/c1-14-11-3-2-9-4-5-12(8-13)7-10(9)6-11/h2-3,6,8H,4-5,7H2,1H3. The number of ether oxygens (including phenoxy) is 1. The zero-order valence-electron chi connectivity index (χ0n) is 8.19. The van der Waals surface area contributed by atoms with Crippen molar-refractivity contribution in [2.24, 2.45) is 0 Å². The summed E-state index contributed by atoms with van der Waals surface area (Å²) in [5.74, 6) is 0.858. The first kappa shape index (κ1) is 9.06. The molecule has 0 radical (unpaired) electrons. The summed E-state index contributed by atoms with van der Waals surface area (Å²) in [5.41, 5.74) is 2.52. The molecule has 0 bridgehead atoms. The average Bonchev–Trinajstić information content (AvgIpc) is 2.27. The van der Waals surface area contributed by atoms with Crippen molar-refractivity contribution in [2.75, 3.05) is 13.7 Å². The smallest absolute Gasteiger partial charge is 0.210 e. The third-order valence-electron chi connectivity index (χ3n) is 2.60. The molecule has 3 heteroatoms. The highest BCUT2D eigenvalue weighted by molar-refractivity contribution is 5.50. The average molecular weight is 191 g/mol. The summed E-state index contributed by atoms with van der Waals surface area (Å²) < 4.78 is 5.14. The van der Waals surface area contributed by atoms with E-state index in [-0.39, 0.29) is 0 Å². The Hall–Kier alpha value is -1.51. The fourth-order valence-electron chi connectivity index (χ4n) is 1.77. The van der Waals surface area contributed by atoms with E-state index in [1.165, 1.54) is 11.1 Å². The van der Waals surface area contributed by atoms with Gasteiger partial charge in [0.25, 0.3) is 0 Å². The molecule has 0 spiro atoms. The molecule has 0 aromatic heterocycles. The largest absolute Gasteiger partial charge is 0.497 e. The summed E-state index contributed by atoms with van der Waals surface area (Å²) in [6, 6.07) is 6.05. The summed E-state index contributed by atoms with van der Waals surface area (Å²) in [6.45, 7) is 1.53. The molecular weight excluding hydrogens is 178 g/mol. The highest BCUT2D eigenvalue weighted by Gasteiger charge is 2.14. The number of benzene rings is 1. The molecule has 14 heavy (non-hydrogen) atoms. The van der Waals surface area contributed by atoms with E-state index in [9.17, 15) is 4.79 Å². The molecule has 0 N–H and O–H groups in total. The summed E-state index contributed by atoms with van der Waals surface area (Å²) in [6.07, 6.45) is 1.85. The van der Waals surface area contributed by atoms with Gasteiger partial charge >= 0.3 is 0 Å². The van der Waals surface area contributed by atoms with Crippen molar-refractivity contribution < 1.29 is 9.53 Å². The second-order valence-corrected chi connectivity index (χ2v) is 3.46. The molecule has 0 unspecified atom stereocenters. The van der Waals surface area contributed by atoms with Gasteiger partial charge < -0.3 is 9.64 Å². The minimum absolute atomic E-state index is 0.704. The van der Waals surface area contributed by atoms with E-state index >= 15 is 0 Å². The van der Waals surface area contributed by atoms with Crippen molar-refractivity contribution in [2.45, 2.75) is 13.0 Å². The third kappa shape index (κ3) is 1.58. The van der Waals surface area contributed by atoms with Gasteiger partial charge in [0.1, 0.15) is 5.75 Å². The Labute approximate surface area is 83.3 Å². The molecule has 0 fully saturated rings. The molecule has 0 saturated heterocycles. The first-order valence-corrected chi connectivity index (χ1v) is 4.68. The Balaban J connectivity index is 2.29. The van der Waals surface area contributed by atoms with Crippen LogP contribution in [0.1, 0.15) is 11.1 Å². The maximum absolute atomic E-state index is 10.6. The monoisotopic (exact) mass is 191 g/mol. The van der Waals surface area contributed by atoms with E-state index in [2.05, 4.69) is 6.07 Å². The Morgan fingerprint density at radius 3 is 3.00 bits per heavy atom. The lowest BCUT2D eigenvalue weighted by atomic mass is 10.00. The van der Waals surface area contributed by atoms with Gasteiger partial charge in [0.15, 0.2) is 0 Å². The summed E-state index contributed by atoms with van der Waals surface area (Å²) in [5, 5.41) is 0. The van der Waals surface area contributed by atoms with Crippen LogP contribution in [0.4, 0.5) is 0 Å². The molecule has 0 aliphatic carbocycles. The highest BCUT2D eigenvalue weighted by atomic mass is 16.5. The van der Waals surface area contributed by atoms with Crippen LogP contribution in [0.2, 0.25) is 0 Å². The van der Waals surface area contributed by atoms with Crippen molar-refractivity contribution in [1.82, 2.24) is 4.90 Å². The number of hydrogen-bond acceptors (Lipinski definition) is 2. The van der Waals surface area contributed by atoms with Gasteiger partial charge in [0.05, 0.1) is 7.11 Å². The first-order chi connectivity index (χ1) is 6.83. The molecule has 1 aliphatic heterocycles. The number of nitrogens with zero attached hydrogens (tertiary/aromatic N) is 1. The normalized spacial score (nSPS) is 14.8. The lowest BCUT2D eigenvalue weighted by molar-refractivity contribution is -0.118. The van der Waals surface area contributed by atoms with Crippen molar-refractivity contribution in [1.29, 1.82) is 0 Å². The van der Waals surface area contributed by atoms with Gasteiger partial charge in [-0.1, -0.05) is 6.07 Å². The van der Waals surface area contributed by atoms with Crippen LogP contribution >= 0.6 is 0 Å². The minimum atomic E-state index is 0.704. The van der Waals surface area contributed by atoms with E-state index < -0.39 is 0 Å². The second kappa shape index (κ2) is 3.70. The van der Waals surface area contributed by atoms with Crippen LogP contribution in [0.25, 0.3) is 0 Å². The molecule has 1 aliphatic rings. The summed E-state index contributed by atoms with van der Waals surface area (Å²) >= 11 is 0. The fourth-order valence-corrected chi connectivity index (χ4v) is 1.77. The van der Waals surface area contributed by atoms with E-state index in [1.54, 1.807) is 12.0 Å². The first-order valence-electron chi connectivity index (χ1n) is 4.68. The quantitative estimate of drug-likeness (QED) is 0.657. The molecular formula is C11H13NO2. The number of rotatable bonds is 2. The number of hydrogen-bond donors (Lipinski definition) is 0. The van der Waals surface area contributed by atoms with Crippen LogP contribution in [0.5, 0.6) is 5.75 Å². The number of methoxy groups -OCH3 is 1. The maximum Gasteiger partial charge on any atom is 0.210 e. The van der Waals surface area contributed by atoms with Gasteiger partial charge in [-0.05, 0) is 29.7 Å². The van der Waals surface area contributed by atoms with Gasteiger partial charge in [-0.25, -0.2) is 0 Å². The van der Waals surface area contributed by atoms with E-state index in [1.807, 2.05) is 12.1 Å². The van der Waals surface area contributed by atoms with Crippen LogP contribution < -0.4 is 4.74 Å². The van der Waals surface area contributed by atoms with Gasteiger partial charge in [-0.15, -0.1) is 0 Å². The third-order valence-corrected chi connectivity index (χ3v) is 2.60. The molecule has 74 valence electrons. The zero-order chi connectivity index (χ0) is 9.97. The Bertz CT molecular complexity index is 349. The molecule has 2 rings (SSSR count). The van der Waals surface area contributed by atoms with E-state index in [4.69, 9.17) is 4.74 Å². The van der Waals surface area contributed by atoms with E-state index in [0.29, 0.717) is 6.54 Å². The lowest BCUT2D eigenvalue weighted by Gasteiger charge is -2.25. The molecule has 3 nitrogen and oxygen atoms in total. The van der Waals surface area contributed by atoms with Crippen LogP contribution in [0.3, 0.4) is 0 Å². The Kier molecular flexibility index (Phi) is 2.39. The van der Waals surface area contributed by atoms with Crippen molar-refractivity contribution in [3.05, 3.63) is 29.3 Å². The number of carbonyl (C=O) groups excluding carboxylic acids is 1. The van der Waals surface area contributed by atoms with Gasteiger partial charge in [0, 0.05) is 13.1 Å². The Morgan fingerprint density at radius 2 is 2.29 bits per heavy atom. The zero-order valence-corrected chi connectivity index (χ0v) is 8.19. The second-order valence-electron chi connectivity index (χ2n) is 3.46. The molecule has 1 aromatic carbocycles. The molecule has 0 saturated carbocycles. The van der Waals surface area contributed by atoms with Gasteiger partial charge in [-0.2, -0.15) is 0 Å². The number of carbonyl (C=O) groups is 1. The minimum Gasteiger partial charge on any atom is -0.497 e. The predicted octanol–water partition coefficient (Wildman–Crippen LogP) is 1.21. The number of amides is 1. The summed E-state index contributed by atoms with van der Waals surface area (Å²) in [7, 11) is 1.65. The number of fused-ring (bicyclic) bond motifs is 1. The van der Waals surface area contributed by atoms with Crippen molar-refractivity contribution in [3.63, 3.8) is 0 Å².